The van der Waals surface area contributed by atoms with Gasteiger partial charge < -0.3 is 0 Å². The first kappa shape index (κ1) is 24.9. The van der Waals surface area contributed by atoms with Crippen molar-refractivity contribution in [2.24, 2.45) is 23.7 Å². The lowest BCUT2D eigenvalue weighted by molar-refractivity contribution is -0.603. The lowest BCUT2D eigenvalue weighted by atomic mass is 9.90. The number of nitrogens with zero attached hydrogens (tertiary/aromatic N) is 2. The lowest BCUT2D eigenvalue weighted by Gasteiger charge is -2.24. The summed E-state index contributed by atoms with van der Waals surface area (Å²) in [6.07, 6.45) is 4.48. The van der Waals surface area contributed by atoms with Gasteiger partial charge in [0.25, 0.3) is 32.1 Å². The third kappa shape index (κ3) is 4.15. The first-order chi connectivity index (χ1) is 16.5. The van der Waals surface area contributed by atoms with E-state index in [9.17, 15) is 36.1 Å². The Morgan fingerprint density at radius 2 is 1.29 bits per heavy atom. The molecule has 5 aliphatic rings. The van der Waals surface area contributed by atoms with Crippen molar-refractivity contribution >= 4 is 37.8 Å². The summed E-state index contributed by atoms with van der Waals surface area (Å²) < 4.78 is 61.5. The average Bonchev–Trinajstić information content (AvgIpc) is 3.39. The highest BCUT2D eigenvalue weighted by molar-refractivity contribution is 7.87. The number of rotatable bonds is 6. The minimum Gasteiger partial charge on any atom is -0.298 e. The molecule has 3 saturated carbocycles. The molecule has 35 heavy (non-hydrogen) atoms. The summed E-state index contributed by atoms with van der Waals surface area (Å²) in [7, 11) is -8.40. The van der Waals surface area contributed by atoms with Gasteiger partial charge in [-0.3, -0.25) is 14.4 Å². The monoisotopic (exact) mass is 533 g/mol. The minimum atomic E-state index is -4.26. The fourth-order valence-corrected chi connectivity index (χ4v) is 9.32. The molecule has 0 aromatic rings. The van der Waals surface area contributed by atoms with Crippen LogP contribution >= 0.6 is 0 Å². The number of carbonyl (C=O) groups excluding carboxylic acids is 3. The summed E-state index contributed by atoms with van der Waals surface area (Å²) >= 11 is 0. The van der Waals surface area contributed by atoms with Crippen molar-refractivity contribution < 1.29 is 44.4 Å². The Balaban J connectivity index is 1.34. The van der Waals surface area contributed by atoms with E-state index in [0.29, 0.717) is 43.3 Å². The Hall–Kier alpha value is -1.77. The van der Waals surface area contributed by atoms with Gasteiger partial charge in [0.05, 0.1) is 22.3 Å². The molecule has 2 heterocycles. The molecule has 5 atom stereocenters. The zero-order chi connectivity index (χ0) is 25.1. The van der Waals surface area contributed by atoms with Gasteiger partial charge in [0.2, 0.25) is 0 Å². The van der Waals surface area contributed by atoms with Gasteiger partial charge in [-0.15, -0.1) is 9.35 Å². The summed E-state index contributed by atoms with van der Waals surface area (Å²) in [6.45, 7) is -0.384. The first-order valence-electron chi connectivity index (χ1n) is 12.2. The van der Waals surface area contributed by atoms with E-state index < -0.39 is 78.2 Å². The fraction of sp³-hybridized carbons (Fsp3) is 0.857. The van der Waals surface area contributed by atoms with Crippen LogP contribution in [-0.4, -0.2) is 67.5 Å². The van der Waals surface area contributed by atoms with Crippen LogP contribution in [0.1, 0.15) is 64.2 Å². The summed E-state index contributed by atoms with van der Waals surface area (Å²) in [5.41, 5.74) is 0. The predicted octanol–water partition coefficient (Wildman–Crippen LogP) is 0.795. The average molecular weight is 534 g/mol. The van der Waals surface area contributed by atoms with E-state index in [1.54, 1.807) is 0 Å². The van der Waals surface area contributed by atoms with E-state index in [-0.39, 0.29) is 11.6 Å². The van der Waals surface area contributed by atoms with Gasteiger partial charge in [-0.25, -0.2) is 0 Å². The summed E-state index contributed by atoms with van der Waals surface area (Å²) in [6, 6.07) is 0. The number of fused-ring (bicyclic) bond motifs is 3. The number of imide groups is 1. The third-order valence-corrected chi connectivity index (χ3v) is 11.6. The highest BCUT2D eigenvalue weighted by atomic mass is 32.2. The van der Waals surface area contributed by atoms with Crippen LogP contribution in [0.4, 0.5) is 0 Å². The minimum absolute atomic E-state index is 0.162. The molecule has 0 aromatic heterocycles. The Morgan fingerprint density at radius 1 is 0.743 bits per heavy atom. The second kappa shape index (κ2) is 8.96. The number of hydrogen-bond acceptors (Lipinski definition) is 10. The number of carbonyl (C=O) groups is 3. The van der Waals surface area contributed by atoms with Gasteiger partial charge in [0.1, 0.15) is 11.8 Å². The molecule has 194 valence electrons. The molecule has 2 aliphatic heterocycles. The van der Waals surface area contributed by atoms with Gasteiger partial charge in [-0.05, 0) is 25.7 Å². The highest BCUT2D eigenvalue weighted by Gasteiger charge is 2.73. The smallest absolute Gasteiger partial charge is 0.298 e. The number of nitroso groups, excluding NO2 is 1. The van der Waals surface area contributed by atoms with E-state index in [1.165, 1.54) is 0 Å². The van der Waals surface area contributed by atoms with Crippen molar-refractivity contribution in [3.63, 3.8) is 0 Å². The van der Waals surface area contributed by atoms with Crippen molar-refractivity contribution in [3.8, 4) is 0 Å². The standard InChI is InChI=1S/C21H29N2O10S2/c24-18-16-14(11-22(27)21(16)32-34(28,29)12-7-3-1-4-8-12)15-17(18)20(26)23(19(15)25)33-35(30,31)13-9-5-2-6-10-13/h12-17,21H,1-11H2/q+1. The molecule has 0 aromatic carbocycles. The van der Waals surface area contributed by atoms with Crippen LogP contribution in [0.5, 0.6) is 0 Å². The molecule has 2 amide bonds. The molecule has 5 fully saturated rings. The Morgan fingerprint density at radius 3 is 1.86 bits per heavy atom. The topological polar surface area (TPSA) is 161 Å². The van der Waals surface area contributed by atoms with Crippen molar-refractivity contribution in [2.45, 2.75) is 80.9 Å². The van der Waals surface area contributed by atoms with Crippen molar-refractivity contribution in [1.29, 1.82) is 0 Å². The van der Waals surface area contributed by atoms with E-state index in [2.05, 4.69) is 0 Å². The summed E-state index contributed by atoms with van der Waals surface area (Å²) in [5, 5.41) is -1.45. The molecule has 5 rings (SSSR count). The molecule has 0 N–H and O–H groups in total. The normalized spacial score (nSPS) is 35.1. The molecule has 0 bridgehead atoms. The molecule has 2 saturated heterocycles. The maximum absolute atomic E-state index is 13.2. The van der Waals surface area contributed by atoms with Crippen molar-refractivity contribution in [2.75, 3.05) is 6.54 Å². The molecule has 14 heteroatoms. The largest absolute Gasteiger partial charge is 0.329 e. The number of ketones is 1. The van der Waals surface area contributed by atoms with Gasteiger partial charge in [0, 0.05) is 9.67 Å². The molecule has 0 radical (unpaired) electrons. The second-order valence-electron chi connectivity index (χ2n) is 10.2. The maximum atomic E-state index is 13.2. The van der Waals surface area contributed by atoms with E-state index >= 15 is 0 Å². The zero-order valence-electron chi connectivity index (χ0n) is 19.1. The van der Waals surface area contributed by atoms with Gasteiger partial charge in [0.15, 0.2) is 12.3 Å². The lowest BCUT2D eigenvalue weighted by Crippen LogP contribution is -2.42. The fourth-order valence-electron chi connectivity index (χ4n) is 6.38. The number of amides is 2. The predicted molar refractivity (Wildman–Crippen MR) is 117 cm³/mol. The van der Waals surface area contributed by atoms with E-state index in [4.69, 9.17) is 8.47 Å². The Labute approximate surface area is 203 Å². The van der Waals surface area contributed by atoms with Crippen LogP contribution in [0.25, 0.3) is 0 Å². The number of hydrogen-bond donors (Lipinski definition) is 0. The molecule has 5 unspecified atom stereocenters. The van der Waals surface area contributed by atoms with E-state index in [0.717, 1.165) is 25.7 Å². The zero-order valence-corrected chi connectivity index (χ0v) is 20.7. The third-order valence-electron chi connectivity index (χ3n) is 8.18. The molecule has 0 spiro atoms. The van der Waals surface area contributed by atoms with Crippen LogP contribution in [-0.2, 0) is 43.1 Å². The molecule has 3 aliphatic carbocycles. The first-order valence-corrected chi connectivity index (χ1v) is 15.2. The van der Waals surface area contributed by atoms with E-state index in [1.807, 2.05) is 0 Å². The van der Waals surface area contributed by atoms with Crippen LogP contribution in [0.3, 0.4) is 0 Å². The van der Waals surface area contributed by atoms with Crippen LogP contribution in [0.15, 0.2) is 0 Å². The second-order valence-corrected chi connectivity index (χ2v) is 13.9. The molecular formula is C21H29N2O10S2+. The van der Waals surface area contributed by atoms with Crippen LogP contribution < -0.4 is 0 Å². The number of Topliss-reactive ketones (excluding diaryl/α,β-unsaturated/α-hetero) is 1. The maximum Gasteiger partial charge on any atom is 0.329 e. The molecular weight excluding hydrogens is 504 g/mol. The van der Waals surface area contributed by atoms with Crippen LogP contribution in [0.2, 0.25) is 0 Å². The van der Waals surface area contributed by atoms with Gasteiger partial charge in [-0.1, -0.05) is 38.5 Å². The summed E-state index contributed by atoms with van der Waals surface area (Å²) in [5.74, 6) is -7.93. The van der Waals surface area contributed by atoms with Gasteiger partial charge in [-0.2, -0.15) is 21.0 Å². The van der Waals surface area contributed by atoms with Crippen molar-refractivity contribution in [3.05, 3.63) is 4.91 Å². The summed E-state index contributed by atoms with van der Waals surface area (Å²) in [4.78, 5) is 51.9. The van der Waals surface area contributed by atoms with Crippen LogP contribution in [0, 0.1) is 28.6 Å². The highest BCUT2D eigenvalue weighted by Crippen LogP contribution is 2.50. The van der Waals surface area contributed by atoms with Gasteiger partial charge >= 0.3 is 6.23 Å². The van der Waals surface area contributed by atoms with Crippen molar-refractivity contribution in [1.82, 2.24) is 5.06 Å². The Bertz CT molecular complexity index is 1150. The molecule has 12 nitrogen and oxygen atoms in total. The number of hydroxylamine groups is 2. The Kier molecular flexibility index (Phi) is 6.38. The quantitative estimate of drug-likeness (QED) is 0.207. The SMILES string of the molecule is O=C1C2C(=O)N(OS(=O)(=O)C3CCCCC3)C(=O)C2C2C[N+](=O)C(OS(=O)(=O)C3CCCCC3)C12.